The van der Waals surface area contributed by atoms with Crippen molar-refractivity contribution in [2.24, 2.45) is 0 Å². The minimum atomic E-state index is -0.880. The number of carbonyl (C=O) groups excluding carboxylic acids is 2. The van der Waals surface area contributed by atoms with Crippen LogP contribution >= 0.6 is 0 Å². The Bertz CT molecular complexity index is 727. The summed E-state index contributed by atoms with van der Waals surface area (Å²) < 4.78 is 11.3. The molecule has 1 aliphatic heterocycles. The molecule has 1 aliphatic rings. The van der Waals surface area contributed by atoms with Crippen molar-refractivity contribution in [1.29, 1.82) is 0 Å². The van der Waals surface area contributed by atoms with Gasteiger partial charge in [-0.05, 0) is 98.2 Å². The Labute approximate surface area is 163 Å². The quantitative estimate of drug-likeness (QED) is 0.741. The molecule has 1 fully saturated rings. The van der Waals surface area contributed by atoms with E-state index in [9.17, 15) is 9.59 Å². The fourth-order valence-corrected chi connectivity index (χ4v) is 3.56. The van der Waals surface area contributed by atoms with E-state index in [1.807, 2.05) is 66.5 Å². The molecule has 1 atom stereocenters. The third kappa shape index (κ3) is 4.70. The van der Waals surface area contributed by atoms with Crippen LogP contribution in [0.2, 0.25) is 0 Å². The first kappa shape index (κ1) is 21.4. The molecule has 0 unspecified atom stereocenters. The number of esters is 2. The zero-order chi connectivity index (χ0) is 20.6. The second kappa shape index (κ2) is 7.27. The summed E-state index contributed by atoms with van der Waals surface area (Å²) in [6, 6.07) is 5.44. The molecule has 0 saturated carbocycles. The first-order chi connectivity index (χ1) is 12.3. The van der Waals surface area contributed by atoms with E-state index in [0.29, 0.717) is 12.0 Å². The average Bonchev–Trinajstić information content (AvgIpc) is 2.86. The highest BCUT2D eigenvalue weighted by Gasteiger charge is 2.50. The third-order valence-electron chi connectivity index (χ3n) is 4.74. The topological polar surface area (TPSA) is 55.8 Å². The normalized spacial score (nSPS) is 21.2. The summed E-state index contributed by atoms with van der Waals surface area (Å²) in [4.78, 5) is 27.9. The molecule has 1 aromatic carbocycles. The van der Waals surface area contributed by atoms with Gasteiger partial charge in [-0.25, -0.2) is 9.59 Å². The number of rotatable bonds is 3. The lowest BCUT2D eigenvalue weighted by Crippen LogP contribution is -2.49. The molecule has 5 nitrogen and oxygen atoms in total. The Morgan fingerprint density at radius 2 is 1.63 bits per heavy atom. The highest BCUT2D eigenvalue weighted by Crippen LogP contribution is 2.41. The molecular formula is C22H33NO4. The zero-order valence-corrected chi connectivity index (χ0v) is 17.9. The Morgan fingerprint density at radius 1 is 1.04 bits per heavy atom. The van der Waals surface area contributed by atoms with Gasteiger partial charge in [-0.15, -0.1) is 0 Å². The number of hydrogen-bond acceptors (Lipinski definition) is 5. The number of aryl methyl sites for hydroxylation is 1. The molecule has 1 saturated heterocycles. The first-order valence-corrected chi connectivity index (χ1v) is 9.55. The predicted molar refractivity (Wildman–Crippen MR) is 106 cm³/mol. The lowest BCUT2D eigenvalue weighted by Gasteiger charge is -2.37. The predicted octanol–water partition coefficient (Wildman–Crippen LogP) is 4.21. The molecular weight excluding hydrogens is 342 g/mol. The smallest absolute Gasteiger partial charge is 0.338 e. The summed E-state index contributed by atoms with van der Waals surface area (Å²) in [5.41, 5.74) is 0.199. The van der Waals surface area contributed by atoms with Crippen LogP contribution in [0.5, 0.6) is 0 Å². The second-order valence-electron chi connectivity index (χ2n) is 9.42. The highest BCUT2D eigenvalue weighted by molar-refractivity contribution is 5.91. The van der Waals surface area contributed by atoms with Gasteiger partial charge in [-0.3, -0.25) is 4.90 Å². The van der Waals surface area contributed by atoms with Crippen LogP contribution in [0, 0.1) is 6.92 Å². The van der Waals surface area contributed by atoms with Gasteiger partial charge < -0.3 is 9.47 Å². The first-order valence-electron chi connectivity index (χ1n) is 9.55. The monoisotopic (exact) mass is 375 g/mol. The van der Waals surface area contributed by atoms with Crippen molar-refractivity contribution in [2.45, 2.75) is 78.0 Å². The third-order valence-corrected chi connectivity index (χ3v) is 4.74. The average molecular weight is 376 g/mol. The lowest BCUT2D eigenvalue weighted by atomic mass is 9.83. The minimum Gasteiger partial charge on any atom is -0.458 e. The van der Waals surface area contributed by atoms with Crippen molar-refractivity contribution in [2.75, 3.05) is 13.6 Å². The lowest BCUT2D eigenvalue weighted by molar-refractivity contribution is -0.168. The van der Waals surface area contributed by atoms with Gasteiger partial charge in [0.15, 0.2) is 0 Å². The molecule has 27 heavy (non-hydrogen) atoms. The van der Waals surface area contributed by atoms with Crippen LogP contribution in [0.15, 0.2) is 18.2 Å². The van der Waals surface area contributed by atoms with Crippen molar-refractivity contribution < 1.29 is 19.1 Å². The van der Waals surface area contributed by atoms with Crippen LogP contribution in [-0.4, -0.2) is 41.6 Å². The fraction of sp³-hybridized carbons (Fsp3) is 0.636. The van der Waals surface area contributed by atoms with Crippen LogP contribution in [0.3, 0.4) is 0 Å². The molecule has 0 spiro atoms. The number of benzene rings is 1. The summed E-state index contributed by atoms with van der Waals surface area (Å²) in [7, 11) is 1.94. The van der Waals surface area contributed by atoms with Crippen LogP contribution in [-0.2, 0) is 19.8 Å². The molecule has 1 aromatic rings. The van der Waals surface area contributed by atoms with E-state index in [0.717, 1.165) is 24.1 Å². The van der Waals surface area contributed by atoms with Gasteiger partial charge >= 0.3 is 11.9 Å². The van der Waals surface area contributed by atoms with Gasteiger partial charge in [0.2, 0.25) is 0 Å². The number of carbonyl (C=O) groups is 2. The van der Waals surface area contributed by atoms with Gasteiger partial charge in [0, 0.05) is 0 Å². The summed E-state index contributed by atoms with van der Waals surface area (Å²) in [5, 5.41) is 0. The van der Waals surface area contributed by atoms with Crippen LogP contribution in [0.4, 0.5) is 0 Å². The molecule has 0 aromatic heterocycles. The number of likely N-dealkylation sites (N-methyl/N-ethyl adjacent to an activating group) is 1. The van der Waals surface area contributed by atoms with Crippen LogP contribution < -0.4 is 0 Å². The van der Waals surface area contributed by atoms with Crippen molar-refractivity contribution in [1.82, 2.24) is 4.90 Å². The van der Waals surface area contributed by atoms with Gasteiger partial charge in [-0.1, -0.05) is 6.07 Å². The molecule has 0 amide bonds. The maximum atomic E-state index is 13.3. The summed E-state index contributed by atoms with van der Waals surface area (Å²) in [6.07, 6.45) is 1.56. The van der Waals surface area contributed by atoms with Gasteiger partial charge in [-0.2, -0.15) is 0 Å². The van der Waals surface area contributed by atoms with Crippen LogP contribution in [0.1, 0.15) is 75.9 Å². The van der Waals surface area contributed by atoms with E-state index < -0.39 is 16.7 Å². The molecule has 2 rings (SSSR count). The Morgan fingerprint density at radius 3 is 2.11 bits per heavy atom. The van der Waals surface area contributed by atoms with E-state index in [-0.39, 0.29) is 11.9 Å². The Kier molecular flexibility index (Phi) is 5.77. The van der Waals surface area contributed by atoms with Crippen molar-refractivity contribution >= 4 is 11.9 Å². The fourth-order valence-electron chi connectivity index (χ4n) is 3.56. The summed E-state index contributed by atoms with van der Waals surface area (Å²) in [6.45, 7) is 13.9. The van der Waals surface area contributed by atoms with E-state index in [1.165, 1.54) is 0 Å². The van der Waals surface area contributed by atoms with Crippen molar-refractivity contribution in [3.63, 3.8) is 0 Å². The largest absolute Gasteiger partial charge is 0.458 e. The van der Waals surface area contributed by atoms with Gasteiger partial charge in [0.1, 0.15) is 16.7 Å². The van der Waals surface area contributed by atoms with Gasteiger partial charge in [0.25, 0.3) is 0 Å². The Hall–Kier alpha value is -1.88. The van der Waals surface area contributed by atoms with E-state index >= 15 is 0 Å². The number of likely N-dealkylation sites (tertiary alicyclic amines) is 1. The second-order valence-corrected chi connectivity index (χ2v) is 9.42. The maximum absolute atomic E-state index is 13.3. The molecule has 5 heteroatoms. The molecule has 0 N–H and O–H groups in total. The molecule has 0 radical (unpaired) electrons. The van der Waals surface area contributed by atoms with Gasteiger partial charge in [0.05, 0.1) is 5.56 Å². The number of nitrogens with zero attached hydrogens (tertiary/aromatic N) is 1. The SMILES string of the molecule is Cc1ccc(C(=O)OC(C)(C)C)cc1[C@@]1(C(=O)OC(C)(C)C)CCCN1C. The molecule has 1 heterocycles. The van der Waals surface area contributed by atoms with Crippen molar-refractivity contribution in [3.05, 3.63) is 34.9 Å². The summed E-state index contributed by atoms with van der Waals surface area (Å²) >= 11 is 0. The summed E-state index contributed by atoms with van der Waals surface area (Å²) in [5.74, 6) is -0.650. The molecule has 0 aliphatic carbocycles. The van der Waals surface area contributed by atoms with Crippen LogP contribution in [0.25, 0.3) is 0 Å². The number of hydrogen-bond donors (Lipinski definition) is 0. The number of ether oxygens (including phenoxy) is 2. The maximum Gasteiger partial charge on any atom is 0.338 e. The van der Waals surface area contributed by atoms with E-state index in [2.05, 4.69) is 0 Å². The van der Waals surface area contributed by atoms with E-state index in [4.69, 9.17) is 9.47 Å². The van der Waals surface area contributed by atoms with E-state index in [1.54, 1.807) is 12.1 Å². The Balaban J connectivity index is 2.52. The molecule has 0 bridgehead atoms. The zero-order valence-electron chi connectivity index (χ0n) is 17.9. The molecule has 150 valence electrons. The minimum absolute atomic E-state index is 0.264. The highest BCUT2D eigenvalue weighted by atomic mass is 16.6. The standard InChI is InChI=1S/C22H33NO4/c1-15-10-11-16(18(24)26-20(2,3)4)14-17(15)22(12-9-13-23(22)8)19(25)27-21(5,6)7/h10-11,14H,9,12-13H2,1-8H3/t22-/m1/s1. The van der Waals surface area contributed by atoms with Crippen molar-refractivity contribution in [3.8, 4) is 0 Å².